The van der Waals surface area contributed by atoms with Gasteiger partial charge in [-0.3, -0.25) is 4.79 Å². The molecule has 2 aromatic carbocycles. The van der Waals surface area contributed by atoms with Crippen LogP contribution in [0, 0.1) is 5.82 Å². The Labute approximate surface area is 145 Å². The van der Waals surface area contributed by atoms with Crippen molar-refractivity contribution < 1.29 is 9.18 Å². The number of aryl methyl sites for hydroxylation is 1. The molecule has 1 aliphatic rings. The fourth-order valence-corrected chi connectivity index (χ4v) is 3.45. The number of para-hydroxylation sites is 1. The minimum Gasteiger partial charge on any atom is -0.310 e. The topological polar surface area (TPSA) is 46.9 Å². The Kier molecular flexibility index (Phi) is 3.84. The highest BCUT2D eigenvalue weighted by Gasteiger charge is 2.32. The van der Waals surface area contributed by atoms with Gasteiger partial charge in [-0.15, -0.1) is 0 Å². The van der Waals surface area contributed by atoms with Gasteiger partial charge in [-0.25, -0.2) is 9.07 Å². The van der Waals surface area contributed by atoms with Crippen molar-refractivity contribution in [2.75, 3.05) is 5.32 Å². The van der Waals surface area contributed by atoms with Crippen LogP contribution in [0.25, 0.3) is 5.69 Å². The lowest BCUT2D eigenvalue weighted by molar-refractivity contribution is -0.116. The van der Waals surface area contributed by atoms with E-state index in [1.54, 1.807) is 29.1 Å². The molecule has 0 aliphatic carbocycles. The summed E-state index contributed by atoms with van der Waals surface area (Å²) < 4.78 is 16.0. The molecule has 1 aromatic heterocycles. The first-order chi connectivity index (χ1) is 12.2. The van der Waals surface area contributed by atoms with Crippen molar-refractivity contribution >= 4 is 11.7 Å². The Morgan fingerprint density at radius 3 is 2.72 bits per heavy atom. The van der Waals surface area contributed by atoms with Crippen LogP contribution < -0.4 is 5.32 Å². The highest BCUT2D eigenvalue weighted by molar-refractivity contribution is 5.94. The number of nitrogens with one attached hydrogen (secondary N) is 1. The summed E-state index contributed by atoms with van der Waals surface area (Å²) >= 11 is 0. The first kappa shape index (κ1) is 15.6. The van der Waals surface area contributed by atoms with Crippen LogP contribution in [0.4, 0.5) is 10.2 Å². The number of hydrogen-bond acceptors (Lipinski definition) is 2. The summed E-state index contributed by atoms with van der Waals surface area (Å²) in [5, 5.41) is 7.41. The molecular formula is C20H18FN3O. The van der Waals surface area contributed by atoms with Crippen LogP contribution in [-0.2, 0) is 11.2 Å². The fourth-order valence-electron chi connectivity index (χ4n) is 3.45. The Morgan fingerprint density at radius 2 is 1.92 bits per heavy atom. The van der Waals surface area contributed by atoms with E-state index >= 15 is 0 Å². The van der Waals surface area contributed by atoms with E-state index in [9.17, 15) is 9.18 Å². The molecule has 1 aliphatic heterocycles. The number of halogens is 1. The van der Waals surface area contributed by atoms with Crippen LogP contribution >= 0.6 is 0 Å². The highest BCUT2D eigenvalue weighted by atomic mass is 19.1. The lowest BCUT2D eigenvalue weighted by Gasteiger charge is -2.24. The largest absolute Gasteiger partial charge is 0.310 e. The van der Waals surface area contributed by atoms with Gasteiger partial charge < -0.3 is 5.32 Å². The predicted molar refractivity (Wildman–Crippen MR) is 94.4 cm³/mol. The maximum Gasteiger partial charge on any atom is 0.226 e. The average Bonchev–Trinajstić information content (AvgIpc) is 3.05. The summed E-state index contributed by atoms with van der Waals surface area (Å²) in [5.74, 6) is -0.121. The van der Waals surface area contributed by atoms with Gasteiger partial charge in [0.15, 0.2) is 0 Å². The van der Waals surface area contributed by atoms with E-state index in [0.29, 0.717) is 11.4 Å². The molecule has 5 heteroatoms. The Hall–Kier alpha value is -2.95. The summed E-state index contributed by atoms with van der Waals surface area (Å²) in [6.07, 6.45) is 2.81. The maximum absolute atomic E-state index is 14.3. The number of fused-ring (bicyclic) bond motifs is 1. The zero-order valence-electron chi connectivity index (χ0n) is 13.9. The summed E-state index contributed by atoms with van der Waals surface area (Å²) in [6.45, 7) is 2.08. The monoisotopic (exact) mass is 335 g/mol. The number of carbonyl (C=O) groups is 1. The molecule has 1 amide bonds. The van der Waals surface area contributed by atoms with E-state index in [0.717, 1.165) is 23.2 Å². The van der Waals surface area contributed by atoms with E-state index in [4.69, 9.17) is 0 Å². The molecule has 126 valence electrons. The molecular weight excluding hydrogens is 317 g/mol. The van der Waals surface area contributed by atoms with Gasteiger partial charge >= 0.3 is 0 Å². The minimum absolute atomic E-state index is 0.128. The van der Waals surface area contributed by atoms with Crippen LogP contribution in [0.2, 0.25) is 0 Å². The number of nitrogens with zero attached hydrogens (tertiary/aromatic N) is 2. The second kappa shape index (κ2) is 6.16. The Bertz CT molecular complexity index is 948. The highest BCUT2D eigenvalue weighted by Crippen LogP contribution is 2.39. The molecule has 1 N–H and O–H groups in total. The number of aromatic nitrogens is 2. The lowest BCUT2D eigenvalue weighted by Crippen LogP contribution is -2.25. The van der Waals surface area contributed by atoms with Crippen LogP contribution in [0.1, 0.15) is 36.0 Å². The molecule has 2 heterocycles. The standard InChI is InChI=1S/C20H18FN3O/c1-2-13-7-3-6-10-18(13)24-20-16(12-22-24)15(11-19(25)23-20)14-8-4-5-9-17(14)21/h3-10,12,15H,2,11H2,1H3,(H,23,25). The molecule has 25 heavy (non-hydrogen) atoms. The van der Waals surface area contributed by atoms with Crippen LogP contribution in [0.3, 0.4) is 0 Å². The van der Waals surface area contributed by atoms with Crippen LogP contribution in [0.5, 0.6) is 0 Å². The van der Waals surface area contributed by atoms with Crippen molar-refractivity contribution in [1.82, 2.24) is 9.78 Å². The number of anilines is 1. The molecule has 0 spiro atoms. The van der Waals surface area contributed by atoms with Gasteiger partial charge in [0, 0.05) is 17.9 Å². The van der Waals surface area contributed by atoms with Gasteiger partial charge in [0.2, 0.25) is 5.91 Å². The van der Waals surface area contributed by atoms with E-state index < -0.39 is 0 Å². The Morgan fingerprint density at radius 1 is 1.16 bits per heavy atom. The van der Waals surface area contributed by atoms with Crippen LogP contribution in [-0.4, -0.2) is 15.7 Å². The number of hydrogen-bond donors (Lipinski definition) is 1. The SMILES string of the molecule is CCc1ccccc1-n1ncc2c1NC(=O)CC2c1ccccc1F. The van der Waals surface area contributed by atoms with Crippen molar-refractivity contribution in [3.05, 3.63) is 77.2 Å². The third kappa shape index (κ3) is 2.61. The second-order valence-electron chi connectivity index (χ2n) is 6.17. The van der Waals surface area contributed by atoms with E-state index in [1.807, 2.05) is 24.3 Å². The van der Waals surface area contributed by atoms with E-state index in [-0.39, 0.29) is 24.1 Å². The summed E-state index contributed by atoms with van der Waals surface area (Å²) in [7, 11) is 0. The molecule has 4 nitrogen and oxygen atoms in total. The molecule has 0 bridgehead atoms. The third-order valence-electron chi connectivity index (χ3n) is 4.70. The lowest BCUT2D eigenvalue weighted by atomic mass is 9.87. The van der Waals surface area contributed by atoms with Gasteiger partial charge in [-0.05, 0) is 29.7 Å². The molecule has 0 radical (unpaired) electrons. The summed E-state index contributed by atoms with van der Waals surface area (Å²) in [6, 6.07) is 14.6. The predicted octanol–water partition coefficient (Wildman–Crippen LogP) is 4.05. The van der Waals surface area contributed by atoms with Gasteiger partial charge in [0.1, 0.15) is 11.6 Å². The fraction of sp³-hybridized carbons (Fsp3) is 0.200. The van der Waals surface area contributed by atoms with Crippen molar-refractivity contribution in [1.29, 1.82) is 0 Å². The van der Waals surface area contributed by atoms with E-state index in [1.165, 1.54) is 6.07 Å². The molecule has 1 atom stereocenters. The summed E-state index contributed by atoms with van der Waals surface area (Å²) in [5.41, 5.74) is 3.44. The van der Waals surface area contributed by atoms with Crippen LogP contribution in [0.15, 0.2) is 54.7 Å². The van der Waals surface area contributed by atoms with Gasteiger partial charge in [0.25, 0.3) is 0 Å². The zero-order valence-corrected chi connectivity index (χ0v) is 13.9. The molecule has 0 saturated heterocycles. The van der Waals surface area contributed by atoms with Crippen molar-refractivity contribution in [2.24, 2.45) is 0 Å². The summed E-state index contributed by atoms with van der Waals surface area (Å²) in [4.78, 5) is 12.3. The third-order valence-corrected chi connectivity index (χ3v) is 4.70. The normalized spacial score (nSPS) is 16.4. The van der Waals surface area contributed by atoms with Crippen molar-refractivity contribution in [3.8, 4) is 5.69 Å². The number of carbonyl (C=O) groups excluding carboxylic acids is 1. The van der Waals surface area contributed by atoms with Gasteiger partial charge in [-0.2, -0.15) is 5.10 Å². The number of amides is 1. The van der Waals surface area contributed by atoms with Crippen molar-refractivity contribution in [2.45, 2.75) is 25.7 Å². The smallest absolute Gasteiger partial charge is 0.226 e. The average molecular weight is 335 g/mol. The molecule has 1 unspecified atom stereocenters. The number of rotatable bonds is 3. The zero-order chi connectivity index (χ0) is 17.4. The molecule has 0 fully saturated rings. The Balaban J connectivity index is 1.86. The van der Waals surface area contributed by atoms with Gasteiger partial charge in [-0.1, -0.05) is 43.3 Å². The first-order valence-corrected chi connectivity index (χ1v) is 8.39. The maximum atomic E-state index is 14.3. The minimum atomic E-state index is -0.326. The molecule has 3 aromatic rings. The van der Waals surface area contributed by atoms with Gasteiger partial charge in [0.05, 0.1) is 11.9 Å². The molecule has 0 saturated carbocycles. The number of benzene rings is 2. The second-order valence-corrected chi connectivity index (χ2v) is 6.17. The molecule has 4 rings (SSSR count). The van der Waals surface area contributed by atoms with Crippen molar-refractivity contribution in [3.63, 3.8) is 0 Å². The quantitative estimate of drug-likeness (QED) is 0.785. The first-order valence-electron chi connectivity index (χ1n) is 8.39. The van der Waals surface area contributed by atoms with E-state index in [2.05, 4.69) is 17.3 Å².